The number of amides is 1. The predicted molar refractivity (Wildman–Crippen MR) is 104 cm³/mol. The summed E-state index contributed by atoms with van der Waals surface area (Å²) in [6.45, 7) is 2.00. The van der Waals surface area contributed by atoms with Crippen LogP contribution in [-0.2, 0) is 4.79 Å². The highest BCUT2D eigenvalue weighted by atomic mass is 19.3. The number of carbonyl (C=O) groups excluding carboxylic acids is 2. The minimum Gasteiger partial charge on any atom is -0.296 e. The molecule has 0 aromatic carbocycles. The lowest BCUT2D eigenvalue weighted by molar-refractivity contribution is -0.143. The van der Waals surface area contributed by atoms with Crippen LogP contribution in [0.25, 0.3) is 0 Å². The molecular formula is C22H22F3N3O2. The number of halogens is 3. The average molecular weight is 417 g/mol. The quantitative estimate of drug-likeness (QED) is 0.694. The van der Waals surface area contributed by atoms with Gasteiger partial charge in [0.2, 0.25) is 11.8 Å². The molecule has 5 nitrogen and oxygen atoms in total. The number of aromatic nitrogens is 2. The van der Waals surface area contributed by atoms with Crippen molar-refractivity contribution in [3.05, 3.63) is 53.7 Å². The molecule has 0 radical (unpaired) electrons. The number of rotatable bonds is 4. The van der Waals surface area contributed by atoms with Crippen LogP contribution in [0.15, 0.2) is 36.5 Å². The van der Waals surface area contributed by atoms with Crippen molar-refractivity contribution in [2.24, 2.45) is 11.3 Å². The van der Waals surface area contributed by atoms with Crippen LogP contribution in [0.5, 0.6) is 0 Å². The minimum atomic E-state index is -3.04. The molecule has 0 bridgehead atoms. The van der Waals surface area contributed by atoms with Crippen LogP contribution in [-0.4, -0.2) is 34.1 Å². The van der Waals surface area contributed by atoms with Crippen molar-refractivity contribution < 1.29 is 22.8 Å². The first kappa shape index (κ1) is 20.5. The van der Waals surface area contributed by atoms with Crippen molar-refractivity contribution in [3.63, 3.8) is 0 Å². The Hall–Kier alpha value is -2.77. The van der Waals surface area contributed by atoms with Crippen molar-refractivity contribution in [2.45, 2.75) is 45.0 Å². The van der Waals surface area contributed by atoms with Gasteiger partial charge in [-0.3, -0.25) is 19.5 Å². The lowest BCUT2D eigenvalue weighted by Crippen LogP contribution is -2.45. The van der Waals surface area contributed by atoms with Gasteiger partial charge in [0.15, 0.2) is 5.78 Å². The van der Waals surface area contributed by atoms with Crippen LogP contribution in [0, 0.1) is 24.1 Å². The van der Waals surface area contributed by atoms with Gasteiger partial charge in [-0.25, -0.2) is 18.2 Å². The van der Waals surface area contributed by atoms with Gasteiger partial charge in [0, 0.05) is 31.5 Å². The number of carbonyl (C=O) groups is 2. The molecular weight excluding hydrogens is 395 g/mol. The van der Waals surface area contributed by atoms with E-state index in [9.17, 15) is 22.8 Å². The van der Waals surface area contributed by atoms with E-state index in [1.54, 1.807) is 25.1 Å². The molecule has 2 aromatic rings. The summed E-state index contributed by atoms with van der Waals surface area (Å²) in [6, 6.07) is 7.61. The molecule has 8 heteroatoms. The number of hydrogen-bond acceptors (Lipinski definition) is 4. The molecule has 2 aliphatic rings. The van der Waals surface area contributed by atoms with Crippen LogP contribution >= 0.6 is 0 Å². The summed E-state index contributed by atoms with van der Waals surface area (Å²) in [4.78, 5) is 35.2. The monoisotopic (exact) mass is 417 g/mol. The second-order valence-corrected chi connectivity index (χ2v) is 8.42. The van der Waals surface area contributed by atoms with E-state index >= 15 is 0 Å². The third-order valence-corrected chi connectivity index (χ3v) is 6.01. The second-order valence-electron chi connectivity index (χ2n) is 8.42. The zero-order valence-corrected chi connectivity index (χ0v) is 16.6. The molecule has 158 valence electrons. The largest absolute Gasteiger partial charge is 0.296 e. The van der Waals surface area contributed by atoms with Gasteiger partial charge in [-0.2, -0.15) is 0 Å². The zero-order chi connectivity index (χ0) is 21.5. The summed E-state index contributed by atoms with van der Waals surface area (Å²) in [5.74, 6) is -4.65. The molecule has 0 unspecified atom stereocenters. The number of aryl methyl sites for hydroxylation is 1. The lowest BCUT2D eigenvalue weighted by Gasteiger charge is -2.40. The van der Waals surface area contributed by atoms with Gasteiger partial charge < -0.3 is 0 Å². The Morgan fingerprint density at radius 1 is 1.23 bits per heavy atom. The molecule has 4 rings (SSSR count). The van der Waals surface area contributed by atoms with E-state index in [4.69, 9.17) is 0 Å². The molecule has 1 saturated heterocycles. The van der Waals surface area contributed by atoms with Crippen LogP contribution in [0.3, 0.4) is 0 Å². The van der Waals surface area contributed by atoms with E-state index in [0.29, 0.717) is 5.69 Å². The summed E-state index contributed by atoms with van der Waals surface area (Å²) < 4.78 is 42.5. The summed E-state index contributed by atoms with van der Waals surface area (Å²) in [5.41, 5.74) is -0.296. The highest BCUT2D eigenvalue weighted by Crippen LogP contribution is 2.53. The smallest absolute Gasteiger partial charge is 0.249 e. The molecule has 2 atom stereocenters. The van der Waals surface area contributed by atoms with Gasteiger partial charge in [-0.05, 0) is 49.9 Å². The van der Waals surface area contributed by atoms with Gasteiger partial charge in [-0.15, -0.1) is 0 Å². The number of anilines is 1. The van der Waals surface area contributed by atoms with Gasteiger partial charge in [0.1, 0.15) is 17.3 Å². The average Bonchev–Trinajstić information content (AvgIpc) is 2.96. The third-order valence-electron chi connectivity index (χ3n) is 6.01. The molecule has 1 aliphatic carbocycles. The van der Waals surface area contributed by atoms with Crippen molar-refractivity contribution in [1.29, 1.82) is 0 Å². The Labute approximate surface area is 172 Å². The maximum absolute atomic E-state index is 14.7. The molecule has 1 saturated carbocycles. The standard InChI is InChI=1S/C22H22F3N3O2/c1-14-3-2-4-17(27-14)18(29)9-15-10-21(13-22(24,25)11-15)7-8-28(20(21)30)19-6-5-16(23)12-26-19/h2-6,12,15H,7-11,13H2,1H3/t15-,21+/m1/s1. The lowest BCUT2D eigenvalue weighted by atomic mass is 9.66. The Morgan fingerprint density at radius 2 is 2.03 bits per heavy atom. The molecule has 0 N–H and O–H groups in total. The van der Waals surface area contributed by atoms with E-state index in [-0.39, 0.29) is 43.1 Å². The van der Waals surface area contributed by atoms with Crippen molar-refractivity contribution in [2.75, 3.05) is 11.4 Å². The first-order valence-corrected chi connectivity index (χ1v) is 9.96. The normalized spacial score (nSPS) is 25.7. The second kappa shape index (κ2) is 7.49. The number of pyridine rings is 2. The first-order valence-electron chi connectivity index (χ1n) is 9.96. The zero-order valence-electron chi connectivity index (χ0n) is 16.6. The summed E-state index contributed by atoms with van der Waals surface area (Å²) in [6.07, 6.45) is 0.443. The van der Waals surface area contributed by atoms with E-state index in [1.807, 2.05) is 0 Å². The molecule has 30 heavy (non-hydrogen) atoms. The van der Waals surface area contributed by atoms with Crippen LogP contribution in [0.1, 0.15) is 48.3 Å². The number of nitrogens with zero attached hydrogens (tertiary/aromatic N) is 3. The predicted octanol–water partition coefficient (Wildman–Crippen LogP) is 4.36. The molecule has 3 heterocycles. The van der Waals surface area contributed by atoms with Crippen LogP contribution in [0.4, 0.5) is 19.0 Å². The number of ketones is 1. The van der Waals surface area contributed by atoms with Gasteiger partial charge in [0.05, 0.1) is 11.6 Å². The van der Waals surface area contributed by atoms with Gasteiger partial charge in [0.25, 0.3) is 0 Å². The van der Waals surface area contributed by atoms with E-state index in [2.05, 4.69) is 9.97 Å². The highest BCUT2D eigenvalue weighted by molar-refractivity contribution is 5.99. The summed E-state index contributed by atoms with van der Waals surface area (Å²) >= 11 is 0. The molecule has 1 aliphatic heterocycles. The minimum absolute atomic E-state index is 0.0735. The Morgan fingerprint density at radius 3 is 2.73 bits per heavy atom. The van der Waals surface area contributed by atoms with Gasteiger partial charge in [-0.1, -0.05) is 6.07 Å². The topological polar surface area (TPSA) is 63.2 Å². The van der Waals surface area contributed by atoms with Crippen LogP contribution < -0.4 is 4.90 Å². The third kappa shape index (κ3) is 3.95. The van der Waals surface area contributed by atoms with Crippen LogP contribution in [0.2, 0.25) is 0 Å². The first-order chi connectivity index (χ1) is 14.2. The fraction of sp³-hybridized carbons (Fsp3) is 0.455. The van der Waals surface area contributed by atoms with E-state index < -0.39 is 41.8 Å². The van der Waals surface area contributed by atoms with E-state index in [0.717, 1.165) is 6.20 Å². The molecule has 2 fully saturated rings. The fourth-order valence-corrected chi connectivity index (χ4v) is 4.82. The summed E-state index contributed by atoms with van der Waals surface area (Å²) in [7, 11) is 0. The van der Waals surface area contributed by atoms with Crippen molar-refractivity contribution >= 4 is 17.5 Å². The highest BCUT2D eigenvalue weighted by Gasteiger charge is 2.57. The Bertz CT molecular complexity index is 980. The van der Waals surface area contributed by atoms with Crippen molar-refractivity contribution in [1.82, 2.24) is 9.97 Å². The number of alkyl halides is 2. The Kier molecular flexibility index (Phi) is 5.11. The Balaban J connectivity index is 1.54. The SMILES string of the molecule is Cc1cccc(C(=O)C[C@H]2CC(F)(F)C[C@]3(CCN(c4ccc(F)cn4)C3=O)C2)n1. The number of hydrogen-bond donors (Lipinski definition) is 0. The van der Waals surface area contributed by atoms with Crippen molar-refractivity contribution in [3.8, 4) is 0 Å². The molecule has 1 spiro atoms. The molecule has 2 aromatic heterocycles. The number of Topliss-reactive ketones (excluding diaryl/α,β-unsaturated/α-hetero) is 1. The summed E-state index contributed by atoms with van der Waals surface area (Å²) in [5, 5.41) is 0. The van der Waals surface area contributed by atoms with Gasteiger partial charge >= 0.3 is 0 Å². The maximum atomic E-state index is 14.7. The molecule has 1 amide bonds. The fourth-order valence-electron chi connectivity index (χ4n) is 4.82. The van der Waals surface area contributed by atoms with E-state index in [1.165, 1.54) is 17.0 Å². The maximum Gasteiger partial charge on any atom is 0.249 e.